The van der Waals surface area contributed by atoms with E-state index in [9.17, 15) is 18.0 Å². The van der Waals surface area contributed by atoms with Gasteiger partial charge >= 0.3 is 0 Å². The number of hydrogen-bond acceptors (Lipinski definition) is 5. The fourth-order valence-electron chi connectivity index (χ4n) is 3.37. The second kappa shape index (κ2) is 8.65. The number of fused-ring (bicyclic) bond motifs is 1. The van der Waals surface area contributed by atoms with Gasteiger partial charge in [-0.05, 0) is 35.7 Å². The number of nitrogens with one attached hydrogen (secondary N) is 1. The molecule has 0 radical (unpaired) electrons. The first kappa shape index (κ1) is 20.9. The number of benzene rings is 2. The number of methoxy groups -OCH3 is 1. The monoisotopic (exact) mass is 416 g/mol. The molecule has 2 aromatic rings. The Morgan fingerprint density at radius 1 is 1.21 bits per heavy atom. The lowest BCUT2D eigenvalue weighted by Crippen LogP contribution is -2.47. The van der Waals surface area contributed by atoms with Crippen LogP contribution in [0.3, 0.4) is 0 Å². The average Bonchev–Trinajstić information content (AvgIpc) is 3.02. The van der Waals surface area contributed by atoms with Crippen LogP contribution in [0.25, 0.3) is 0 Å². The SMILES string of the molecule is COc1cccc(CNC(=O)[C@H](CCS(C)(=O)=O)N2Cc3ccccc3C2=O)c1. The number of nitrogens with zero attached hydrogens (tertiary/aromatic N) is 1. The summed E-state index contributed by atoms with van der Waals surface area (Å²) in [5.41, 5.74) is 2.23. The van der Waals surface area contributed by atoms with E-state index in [0.29, 0.717) is 11.3 Å². The fraction of sp³-hybridized carbons (Fsp3) is 0.333. The number of ether oxygens (including phenoxy) is 1. The molecule has 0 unspecified atom stereocenters. The van der Waals surface area contributed by atoms with Crippen molar-refractivity contribution in [2.75, 3.05) is 19.1 Å². The fourth-order valence-corrected chi connectivity index (χ4v) is 4.02. The molecule has 3 rings (SSSR count). The summed E-state index contributed by atoms with van der Waals surface area (Å²) in [7, 11) is -1.71. The lowest BCUT2D eigenvalue weighted by Gasteiger charge is -2.27. The van der Waals surface area contributed by atoms with Gasteiger partial charge in [-0.15, -0.1) is 0 Å². The number of hydrogen-bond donors (Lipinski definition) is 1. The Balaban J connectivity index is 1.76. The minimum atomic E-state index is -3.28. The van der Waals surface area contributed by atoms with Crippen molar-refractivity contribution in [2.24, 2.45) is 0 Å². The number of amides is 2. The highest BCUT2D eigenvalue weighted by Gasteiger charge is 2.36. The molecule has 0 saturated carbocycles. The van der Waals surface area contributed by atoms with Gasteiger partial charge in [-0.3, -0.25) is 9.59 Å². The third-order valence-corrected chi connectivity index (χ3v) is 5.87. The molecule has 0 aliphatic carbocycles. The molecule has 7 nitrogen and oxygen atoms in total. The quantitative estimate of drug-likeness (QED) is 0.708. The van der Waals surface area contributed by atoms with Crippen molar-refractivity contribution in [3.8, 4) is 5.75 Å². The normalized spacial score (nSPS) is 14.4. The molecule has 1 atom stereocenters. The van der Waals surface area contributed by atoms with Crippen molar-refractivity contribution in [1.82, 2.24) is 10.2 Å². The topological polar surface area (TPSA) is 92.8 Å². The molecule has 1 aliphatic heterocycles. The van der Waals surface area contributed by atoms with Crippen LogP contribution in [-0.2, 0) is 27.7 Å². The van der Waals surface area contributed by atoms with Crippen molar-refractivity contribution >= 4 is 21.7 Å². The molecule has 154 valence electrons. The Hall–Kier alpha value is -2.87. The summed E-state index contributed by atoms with van der Waals surface area (Å²) in [5.74, 6) is -0.131. The maximum absolute atomic E-state index is 12.9. The average molecular weight is 416 g/mol. The zero-order chi connectivity index (χ0) is 21.0. The van der Waals surface area contributed by atoms with E-state index in [1.54, 1.807) is 25.3 Å². The van der Waals surface area contributed by atoms with Crippen LogP contribution in [0.1, 0.15) is 27.9 Å². The minimum Gasteiger partial charge on any atom is -0.497 e. The maximum atomic E-state index is 12.9. The third-order valence-electron chi connectivity index (χ3n) is 4.89. The predicted octanol–water partition coefficient (Wildman–Crippen LogP) is 1.77. The van der Waals surface area contributed by atoms with Crippen molar-refractivity contribution in [2.45, 2.75) is 25.6 Å². The molecule has 1 heterocycles. The van der Waals surface area contributed by atoms with Crippen LogP contribution in [0, 0.1) is 0 Å². The first-order valence-corrected chi connectivity index (χ1v) is 11.3. The van der Waals surface area contributed by atoms with Crippen LogP contribution in [0.2, 0.25) is 0 Å². The van der Waals surface area contributed by atoms with Gasteiger partial charge < -0.3 is 15.0 Å². The highest BCUT2D eigenvalue weighted by molar-refractivity contribution is 7.90. The summed E-state index contributed by atoms with van der Waals surface area (Å²) in [5, 5.41) is 2.83. The molecule has 1 aliphatic rings. The highest BCUT2D eigenvalue weighted by Crippen LogP contribution is 2.26. The standard InChI is InChI=1S/C21H24N2O5S/c1-28-17-8-5-6-15(12-17)13-22-20(24)19(10-11-29(2,26)27)23-14-16-7-3-4-9-18(16)21(23)25/h3-9,12,19H,10-11,13-14H2,1-2H3,(H,22,24)/t19-/m0/s1. The number of sulfone groups is 1. The molecule has 1 N–H and O–H groups in total. The van der Waals surface area contributed by atoms with Gasteiger partial charge in [0.1, 0.15) is 21.6 Å². The second-order valence-corrected chi connectivity index (χ2v) is 9.35. The molecular formula is C21H24N2O5S. The smallest absolute Gasteiger partial charge is 0.255 e. The lowest BCUT2D eigenvalue weighted by atomic mass is 10.1. The molecule has 29 heavy (non-hydrogen) atoms. The van der Waals surface area contributed by atoms with Gasteiger partial charge in [-0.2, -0.15) is 0 Å². The molecule has 0 aromatic heterocycles. The summed E-state index contributed by atoms with van der Waals surface area (Å²) >= 11 is 0. The van der Waals surface area contributed by atoms with E-state index in [-0.39, 0.29) is 37.1 Å². The van der Waals surface area contributed by atoms with Crippen LogP contribution < -0.4 is 10.1 Å². The predicted molar refractivity (Wildman–Crippen MR) is 109 cm³/mol. The molecule has 2 aromatic carbocycles. The van der Waals surface area contributed by atoms with Crippen molar-refractivity contribution in [3.63, 3.8) is 0 Å². The molecule has 0 fully saturated rings. The van der Waals surface area contributed by atoms with Gasteiger partial charge in [-0.1, -0.05) is 30.3 Å². The summed E-state index contributed by atoms with van der Waals surface area (Å²) in [6.07, 6.45) is 1.17. The molecule has 0 bridgehead atoms. The minimum absolute atomic E-state index is 0.0442. The van der Waals surface area contributed by atoms with Gasteiger partial charge in [0.15, 0.2) is 0 Å². The van der Waals surface area contributed by atoms with Crippen LogP contribution in [-0.4, -0.2) is 50.3 Å². The Morgan fingerprint density at radius 2 is 1.97 bits per heavy atom. The zero-order valence-electron chi connectivity index (χ0n) is 16.4. The van der Waals surface area contributed by atoms with E-state index in [0.717, 1.165) is 17.4 Å². The number of carbonyl (C=O) groups is 2. The summed E-state index contributed by atoms with van der Waals surface area (Å²) in [6.45, 7) is 0.538. The second-order valence-electron chi connectivity index (χ2n) is 7.09. The van der Waals surface area contributed by atoms with Gasteiger partial charge in [0.2, 0.25) is 5.91 Å². The number of carbonyl (C=O) groups excluding carboxylic acids is 2. The molecule has 2 amide bonds. The van der Waals surface area contributed by atoms with Crippen LogP contribution in [0.5, 0.6) is 5.75 Å². The Kier molecular flexibility index (Phi) is 6.22. The Labute approximate surface area is 170 Å². The van der Waals surface area contributed by atoms with E-state index in [1.165, 1.54) is 4.90 Å². The van der Waals surface area contributed by atoms with Crippen molar-refractivity contribution in [1.29, 1.82) is 0 Å². The van der Waals surface area contributed by atoms with Gasteiger partial charge in [0, 0.05) is 24.9 Å². The van der Waals surface area contributed by atoms with Crippen molar-refractivity contribution in [3.05, 3.63) is 65.2 Å². The Bertz CT molecular complexity index is 1020. The highest BCUT2D eigenvalue weighted by atomic mass is 32.2. The number of rotatable bonds is 8. The molecule has 8 heteroatoms. The Morgan fingerprint density at radius 3 is 2.66 bits per heavy atom. The lowest BCUT2D eigenvalue weighted by molar-refractivity contribution is -0.126. The first-order chi connectivity index (χ1) is 13.8. The first-order valence-electron chi connectivity index (χ1n) is 9.26. The van der Waals surface area contributed by atoms with Gasteiger partial charge in [0.05, 0.1) is 12.9 Å². The van der Waals surface area contributed by atoms with Crippen LogP contribution in [0.4, 0.5) is 0 Å². The van der Waals surface area contributed by atoms with Crippen molar-refractivity contribution < 1.29 is 22.7 Å². The largest absolute Gasteiger partial charge is 0.497 e. The molecule has 0 saturated heterocycles. The van der Waals surface area contributed by atoms with Gasteiger partial charge in [0.25, 0.3) is 5.91 Å². The summed E-state index contributed by atoms with van der Waals surface area (Å²) in [6, 6.07) is 13.6. The van der Waals surface area contributed by atoms with Gasteiger partial charge in [-0.25, -0.2) is 8.42 Å². The summed E-state index contributed by atoms with van der Waals surface area (Å²) in [4.78, 5) is 27.2. The third kappa shape index (κ3) is 5.14. The maximum Gasteiger partial charge on any atom is 0.255 e. The van der Waals surface area contributed by atoms with E-state index < -0.39 is 15.9 Å². The van der Waals surface area contributed by atoms with E-state index in [1.807, 2.05) is 30.3 Å². The van der Waals surface area contributed by atoms with E-state index in [2.05, 4.69) is 5.32 Å². The van der Waals surface area contributed by atoms with Crippen LogP contribution in [0.15, 0.2) is 48.5 Å². The zero-order valence-corrected chi connectivity index (χ0v) is 17.2. The van der Waals surface area contributed by atoms with E-state index in [4.69, 9.17) is 4.74 Å². The van der Waals surface area contributed by atoms with Crippen LogP contribution >= 0.6 is 0 Å². The van der Waals surface area contributed by atoms with E-state index >= 15 is 0 Å². The molecule has 0 spiro atoms. The molecular weight excluding hydrogens is 392 g/mol. The summed E-state index contributed by atoms with van der Waals surface area (Å²) < 4.78 is 28.5.